The summed E-state index contributed by atoms with van der Waals surface area (Å²) in [4.78, 5) is 32.6. The standard InChI is InChI=1S/C18H19N5O3S/c1-3-23-15(25)12-6-5-11(9-13(12)20-17(23)27)14(24)21-18(7-4-8-18)16-19-10(2)26-22-16/h5-6,9H,3-4,7-8H2,1-2H3,(H,20,27)(H,21,24). The zero-order valence-corrected chi connectivity index (χ0v) is 15.9. The van der Waals surface area contributed by atoms with Crippen LogP contribution in [0.3, 0.4) is 0 Å². The molecule has 1 fully saturated rings. The van der Waals surface area contributed by atoms with Gasteiger partial charge >= 0.3 is 0 Å². The molecule has 9 heteroatoms. The van der Waals surface area contributed by atoms with Crippen LogP contribution in [0.1, 0.15) is 48.3 Å². The van der Waals surface area contributed by atoms with Gasteiger partial charge in [-0.25, -0.2) is 0 Å². The van der Waals surface area contributed by atoms with E-state index in [1.807, 2.05) is 6.92 Å². The Balaban J connectivity index is 1.69. The molecule has 1 amide bonds. The summed E-state index contributed by atoms with van der Waals surface area (Å²) in [5.41, 5.74) is 0.220. The van der Waals surface area contributed by atoms with Gasteiger partial charge in [-0.1, -0.05) is 5.16 Å². The quantitative estimate of drug-likeness (QED) is 0.669. The number of aromatic amines is 1. The van der Waals surface area contributed by atoms with Gasteiger partial charge in [-0.3, -0.25) is 14.2 Å². The number of hydrogen-bond acceptors (Lipinski definition) is 6. The third kappa shape index (κ3) is 2.87. The summed E-state index contributed by atoms with van der Waals surface area (Å²) in [6.07, 6.45) is 2.50. The lowest BCUT2D eigenvalue weighted by atomic mass is 9.76. The van der Waals surface area contributed by atoms with E-state index in [9.17, 15) is 9.59 Å². The van der Waals surface area contributed by atoms with Crippen molar-refractivity contribution in [1.29, 1.82) is 0 Å². The summed E-state index contributed by atoms with van der Waals surface area (Å²) in [5, 5.41) is 7.52. The van der Waals surface area contributed by atoms with E-state index in [0.29, 0.717) is 39.5 Å². The van der Waals surface area contributed by atoms with Crippen molar-refractivity contribution < 1.29 is 9.32 Å². The molecule has 2 heterocycles. The number of aromatic nitrogens is 4. The van der Waals surface area contributed by atoms with E-state index in [0.717, 1.165) is 19.3 Å². The third-order valence-electron chi connectivity index (χ3n) is 5.08. The Labute approximate surface area is 159 Å². The van der Waals surface area contributed by atoms with E-state index in [1.54, 1.807) is 25.1 Å². The highest BCUT2D eigenvalue weighted by Crippen LogP contribution is 2.40. The molecule has 1 aromatic carbocycles. The van der Waals surface area contributed by atoms with Crippen LogP contribution < -0.4 is 10.9 Å². The summed E-state index contributed by atoms with van der Waals surface area (Å²) in [6, 6.07) is 4.94. The number of nitrogens with zero attached hydrogens (tertiary/aromatic N) is 3. The van der Waals surface area contributed by atoms with E-state index in [-0.39, 0.29) is 11.5 Å². The molecule has 4 rings (SSSR count). The average molecular weight is 385 g/mol. The van der Waals surface area contributed by atoms with Crippen molar-refractivity contribution in [2.75, 3.05) is 0 Å². The van der Waals surface area contributed by atoms with Gasteiger partial charge in [0.15, 0.2) is 10.6 Å². The minimum atomic E-state index is -0.595. The number of carbonyl (C=O) groups excluding carboxylic acids is 1. The Kier molecular flexibility index (Phi) is 4.18. The average Bonchev–Trinajstić information content (AvgIpc) is 3.04. The van der Waals surface area contributed by atoms with E-state index >= 15 is 0 Å². The molecular formula is C18H19N5O3S. The van der Waals surface area contributed by atoms with Gasteiger partial charge < -0.3 is 14.8 Å². The zero-order chi connectivity index (χ0) is 19.2. The second-order valence-electron chi connectivity index (χ2n) is 6.77. The van der Waals surface area contributed by atoms with Gasteiger partial charge in [-0.2, -0.15) is 4.98 Å². The molecule has 1 aliphatic carbocycles. The van der Waals surface area contributed by atoms with Crippen molar-refractivity contribution in [2.45, 2.75) is 45.2 Å². The SMILES string of the molecule is CCn1c(=S)[nH]c2cc(C(=O)NC3(c4noc(C)n4)CCC3)ccc2c1=O. The predicted molar refractivity (Wildman–Crippen MR) is 101 cm³/mol. The molecule has 0 spiro atoms. The number of amides is 1. The number of carbonyl (C=O) groups is 1. The summed E-state index contributed by atoms with van der Waals surface area (Å²) < 4.78 is 6.90. The van der Waals surface area contributed by atoms with Gasteiger partial charge in [0.25, 0.3) is 11.5 Å². The van der Waals surface area contributed by atoms with Gasteiger partial charge in [0.1, 0.15) is 5.54 Å². The monoisotopic (exact) mass is 385 g/mol. The lowest BCUT2D eigenvalue weighted by molar-refractivity contribution is 0.0805. The van der Waals surface area contributed by atoms with Crippen LogP contribution in [-0.4, -0.2) is 25.6 Å². The number of hydrogen-bond donors (Lipinski definition) is 2. The summed E-state index contributed by atoms with van der Waals surface area (Å²) >= 11 is 5.24. The molecule has 0 bridgehead atoms. The van der Waals surface area contributed by atoms with Crippen LogP contribution in [-0.2, 0) is 12.1 Å². The number of aryl methyl sites for hydroxylation is 1. The predicted octanol–water partition coefficient (Wildman–Crippen LogP) is 2.58. The highest BCUT2D eigenvalue weighted by molar-refractivity contribution is 7.71. The second kappa shape index (κ2) is 6.41. The number of rotatable bonds is 4. The van der Waals surface area contributed by atoms with Gasteiger partial charge in [-0.05, 0) is 56.6 Å². The molecule has 1 aliphatic rings. The minimum absolute atomic E-state index is 0.166. The highest BCUT2D eigenvalue weighted by Gasteiger charge is 2.44. The van der Waals surface area contributed by atoms with Crippen LogP contribution in [0.25, 0.3) is 10.9 Å². The Bertz CT molecular complexity index is 1160. The molecule has 0 unspecified atom stereocenters. The van der Waals surface area contributed by atoms with E-state index in [4.69, 9.17) is 16.7 Å². The lowest BCUT2D eigenvalue weighted by Crippen LogP contribution is -2.51. The molecular weight excluding hydrogens is 366 g/mol. The topological polar surface area (TPSA) is 106 Å². The molecule has 1 saturated carbocycles. The van der Waals surface area contributed by atoms with Crippen LogP contribution >= 0.6 is 12.2 Å². The van der Waals surface area contributed by atoms with Crippen molar-refractivity contribution in [3.05, 3.63) is 50.6 Å². The van der Waals surface area contributed by atoms with Gasteiger partial charge in [0.2, 0.25) is 5.89 Å². The van der Waals surface area contributed by atoms with Crippen LogP contribution in [0.2, 0.25) is 0 Å². The van der Waals surface area contributed by atoms with Crippen molar-refractivity contribution in [1.82, 2.24) is 25.0 Å². The first-order valence-electron chi connectivity index (χ1n) is 8.84. The molecule has 3 aromatic rings. The van der Waals surface area contributed by atoms with Crippen molar-refractivity contribution in [3.63, 3.8) is 0 Å². The molecule has 2 N–H and O–H groups in total. The second-order valence-corrected chi connectivity index (χ2v) is 7.15. The van der Waals surface area contributed by atoms with E-state index in [1.165, 1.54) is 4.57 Å². The first-order valence-corrected chi connectivity index (χ1v) is 9.24. The maximum Gasteiger partial charge on any atom is 0.262 e. The Morgan fingerprint density at radius 2 is 2.22 bits per heavy atom. The number of H-pyrrole nitrogens is 1. The smallest absolute Gasteiger partial charge is 0.262 e. The van der Waals surface area contributed by atoms with Crippen LogP contribution in [0, 0.1) is 11.7 Å². The molecule has 8 nitrogen and oxygen atoms in total. The first-order chi connectivity index (χ1) is 12.9. The third-order valence-corrected chi connectivity index (χ3v) is 5.40. The fraction of sp³-hybridized carbons (Fsp3) is 0.389. The number of benzene rings is 1. The highest BCUT2D eigenvalue weighted by atomic mass is 32.1. The Morgan fingerprint density at radius 1 is 1.44 bits per heavy atom. The number of nitrogens with one attached hydrogen (secondary N) is 2. The normalized spacial score (nSPS) is 15.5. The summed E-state index contributed by atoms with van der Waals surface area (Å²) in [5.74, 6) is 0.722. The molecule has 0 radical (unpaired) electrons. The minimum Gasteiger partial charge on any atom is -0.340 e. The van der Waals surface area contributed by atoms with Gasteiger partial charge in [-0.15, -0.1) is 0 Å². The maximum absolute atomic E-state index is 12.8. The van der Waals surface area contributed by atoms with Gasteiger partial charge in [0, 0.05) is 19.0 Å². The van der Waals surface area contributed by atoms with Crippen LogP contribution in [0.5, 0.6) is 0 Å². The van der Waals surface area contributed by atoms with Crippen molar-refractivity contribution >= 4 is 29.0 Å². The molecule has 2 aromatic heterocycles. The number of fused-ring (bicyclic) bond motifs is 1. The summed E-state index contributed by atoms with van der Waals surface area (Å²) in [6.45, 7) is 4.06. The van der Waals surface area contributed by atoms with E-state index < -0.39 is 5.54 Å². The van der Waals surface area contributed by atoms with E-state index in [2.05, 4.69) is 20.4 Å². The zero-order valence-electron chi connectivity index (χ0n) is 15.0. The Morgan fingerprint density at radius 3 is 2.81 bits per heavy atom. The largest absolute Gasteiger partial charge is 0.340 e. The van der Waals surface area contributed by atoms with Crippen molar-refractivity contribution in [2.24, 2.45) is 0 Å². The lowest BCUT2D eigenvalue weighted by Gasteiger charge is -2.39. The van der Waals surface area contributed by atoms with Crippen LogP contribution in [0.4, 0.5) is 0 Å². The molecule has 27 heavy (non-hydrogen) atoms. The van der Waals surface area contributed by atoms with Gasteiger partial charge in [0.05, 0.1) is 10.9 Å². The molecule has 0 aliphatic heterocycles. The molecule has 0 atom stereocenters. The maximum atomic E-state index is 12.8. The molecule has 140 valence electrons. The molecule has 0 saturated heterocycles. The first kappa shape index (κ1) is 17.6. The fourth-order valence-corrected chi connectivity index (χ4v) is 3.72. The Hall–Kier alpha value is -2.81. The summed E-state index contributed by atoms with van der Waals surface area (Å²) in [7, 11) is 0. The van der Waals surface area contributed by atoms with Crippen molar-refractivity contribution in [3.8, 4) is 0 Å². The fourth-order valence-electron chi connectivity index (χ4n) is 3.40. The van der Waals surface area contributed by atoms with Crippen LogP contribution in [0.15, 0.2) is 27.5 Å².